The first-order chi connectivity index (χ1) is 14.8. The predicted octanol–water partition coefficient (Wildman–Crippen LogP) is 3.80. The fourth-order valence-corrected chi connectivity index (χ4v) is 8.15. The number of aliphatic hydroxyl groups excluding tert-OH is 2. The lowest BCUT2D eigenvalue weighted by Gasteiger charge is -2.56. The summed E-state index contributed by atoms with van der Waals surface area (Å²) in [6.45, 7) is 2.49. The zero-order chi connectivity index (χ0) is 21.6. The van der Waals surface area contributed by atoms with Crippen LogP contribution in [-0.2, 0) is 4.74 Å². The van der Waals surface area contributed by atoms with E-state index in [0.29, 0.717) is 11.8 Å². The van der Waals surface area contributed by atoms with E-state index in [-0.39, 0.29) is 17.1 Å². The van der Waals surface area contributed by atoms with Crippen molar-refractivity contribution in [2.24, 2.45) is 11.3 Å². The smallest absolute Gasteiger partial charge is 0.105 e. The third-order valence-electron chi connectivity index (χ3n) is 9.70. The molecule has 4 nitrogen and oxygen atoms in total. The van der Waals surface area contributed by atoms with Gasteiger partial charge in [-0.25, -0.2) is 0 Å². The van der Waals surface area contributed by atoms with Crippen LogP contribution in [0.15, 0.2) is 53.6 Å². The average Bonchev–Trinajstić information content (AvgIpc) is 3.27. The van der Waals surface area contributed by atoms with E-state index >= 15 is 0 Å². The molecule has 2 aliphatic heterocycles. The van der Waals surface area contributed by atoms with Crippen LogP contribution in [0.25, 0.3) is 0 Å². The molecule has 0 unspecified atom stereocenters. The van der Waals surface area contributed by atoms with Crippen LogP contribution in [0.1, 0.15) is 56.9 Å². The standard InChI is InChI=1S/C27H35NO3/c1-25-12-11-18-15-20-23(29)24(30)21(28(2)3)16-26(20)13-14-27(18,31-26)22(25)10-9-19(25)17-7-5-4-6-8-17/h4-8,11,15,19,21-24,29-30H,9-10,12-14,16H2,1-3H3/t19-,21+,22-,23-,24-,25-,26-,27-/m1/s1. The molecule has 2 spiro atoms. The maximum absolute atomic E-state index is 11.1. The Morgan fingerprint density at radius 1 is 1.06 bits per heavy atom. The van der Waals surface area contributed by atoms with Crippen molar-refractivity contribution in [1.82, 2.24) is 4.90 Å². The van der Waals surface area contributed by atoms with Gasteiger partial charge in [0.25, 0.3) is 0 Å². The fraction of sp³-hybridized carbons (Fsp3) is 0.630. The minimum atomic E-state index is -0.855. The Balaban J connectivity index is 1.43. The number of ether oxygens (including phenoxy) is 1. The summed E-state index contributed by atoms with van der Waals surface area (Å²) < 4.78 is 7.21. The van der Waals surface area contributed by atoms with Gasteiger partial charge in [0.05, 0.1) is 17.3 Å². The molecule has 8 atom stereocenters. The molecule has 2 N–H and O–H groups in total. The highest BCUT2D eigenvalue weighted by Crippen LogP contribution is 2.69. The predicted molar refractivity (Wildman–Crippen MR) is 121 cm³/mol. The van der Waals surface area contributed by atoms with Gasteiger partial charge in [-0.15, -0.1) is 0 Å². The van der Waals surface area contributed by atoms with Gasteiger partial charge in [-0.3, -0.25) is 0 Å². The number of nitrogens with zero attached hydrogens (tertiary/aromatic N) is 1. The van der Waals surface area contributed by atoms with Crippen molar-refractivity contribution in [3.8, 4) is 0 Å². The second-order valence-electron chi connectivity index (χ2n) is 11.2. The monoisotopic (exact) mass is 421 g/mol. The van der Waals surface area contributed by atoms with Crippen molar-refractivity contribution in [3.05, 3.63) is 59.2 Å². The SMILES string of the molecule is CN(C)[C@H]1C[C@@]23CC[C@@]4(O2)C(=CC[C@]2(C)[C@@H](c5ccccc5)CC[C@H]24)C=C3[C@@H](O)[C@@H]1O. The molecule has 2 heterocycles. The number of aliphatic hydroxyl groups is 2. The van der Waals surface area contributed by atoms with E-state index in [1.54, 1.807) is 0 Å². The molecular formula is C27H35NO3. The van der Waals surface area contributed by atoms with Crippen LogP contribution < -0.4 is 0 Å². The van der Waals surface area contributed by atoms with Crippen LogP contribution in [0, 0.1) is 11.3 Å². The summed E-state index contributed by atoms with van der Waals surface area (Å²) in [7, 11) is 3.98. The quantitative estimate of drug-likeness (QED) is 0.763. The third kappa shape index (κ3) is 2.51. The van der Waals surface area contributed by atoms with Crippen LogP contribution >= 0.6 is 0 Å². The van der Waals surface area contributed by atoms with Gasteiger partial charge in [0.15, 0.2) is 0 Å². The second-order valence-corrected chi connectivity index (χ2v) is 11.2. The molecule has 1 aromatic rings. The highest BCUT2D eigenvalue weighted by Gasteiger charge is 2.68. The zero-order valence-electron chi connectivity index (χ0n) is 18.9. The van der Waals surface area contributed by atoms with E-state index in [2.05, 4.69) is 49.4 Å². The van der Waals surface area contributed by atoms with Crippen LogP contribution in [0.2, 0.25) is 0 Å². The Morgan fingerprint density at radius 2 is 1.84 bits per heavy atom. The maximum Gasteiger partial charge on any atom is 0.105 e. The largest absolute Gasteiger partial charge is 0.388 e. The topological polar surface area (TPSA) is 52.9 Å². The third-order valence-corrected chi connectivity index (χ3v) is 9.70. The summed E-state index contributed by atoms with van der Waals surface area (Å²) in [4.78, 5) is 2.05. The molecule has 1 saturated heterocycles. The van der Waals surface area contributed by atoms with Crippen LogP contribution in [0.5, 0.6) is 0 Å². The van der Waals surface area contributed by atoms with Gasteiger partial charge in [0.1, 0.15) is 6.10 Å². The van der Waals surface area contributed by atoms with E-state index in [1.807, 2.05) is 19.0 Å². The molecule has 0 aromatic heterocycles. The first-order valence-corrected chi connectivity index (χ1v) is 12.0. The van der Waals surface area contributed by atoms with E-state index in [0.717, 1.165) is 31.3 Å². The van der Waals surface area contributed by atoms with Gasteiger partial charge in [-0.1, -0.05) is 49.4 Å². The van der Waals surface area contributed by atoms with Crippen molar-refractivity contribution >= 4 is 0 Å². The molecule has 3 aliphatic carbocycles. The summed E-state index contributed by atoms with van der Waals surface area (Å²) in [6.07, 6.45) is 9.16. The van der Waals surface area contributed by atoms with Crippen molar-refractivity contribution in [1.29, 1.82) is 0 Å². The fourth-order valence-electron chi connectivity index (χ4n) is 8.15. The van der Waals surface area contributed by atoms with Gasteiger partial charge in [0.2, 0.25) is 0 Å². The van der Waals surface area contributed by atoms with Gasteiger partial charge in [-0.2, -0.15) is 0 Å². The van der Waals surface area contributed by atoms with Crippen molar-refractivity contribution in [2.75, 3.05) is 14.1 Å². The van der Waals surface area contributed by atoms with Crippen molar-refractivity contribution < 1.29 is 14.9 Å². The summed E-state index contributed by atoms with van der Waals surface area (Å²) in [6, 6.07) is 10.9. The Kier molecular flexibility index (Phi) is 4.25. The molecule has 31 heavy (non-hydrogen) atoms. The number of fused-ring (bicyclic) bond motifs is 1. The average molecular weight is 422 g/mol. The van der Waals surface area contributed by atoms with Gasteiger partial charge in [-0.05, 0) is 86.6 Å². The number of hydrogen-bond donors (Lipinski definition) is 2. The lowest BCUT2D eigenvalue weighted by Crippen LogP contribution is -2.61. The molecule has 5 aliphatic rings. The lowest BCUT2D eigenvalue weighted by molar-refractivity contribution is -0.165. The number of benzene rings is 1. The van der Waals surface area contributed by atoms with Gasteiger partial charge >= 0.3 is 0 Å². The Hall–Kier alpha value is -1.46. The normalized spacial score (nSPS) is 48.0. The summed E-state index contributed by atoms with van der Waals surface area (Å²) in [5.74, 6) is 1.05. The summed E-state index contributed by atoms with van der Waals surface area (Å²) in [5, 5.41) is 21.9. The lowest BCUT2D eigenvalue weighted by atomic mass is 9.58. The number of allylic oxidation sites excluding steroid dienone is 1. The molecule has 1 aromatic carbocycles. The van der Waals surface area contributed by atoms with E-state index in [1.165, 1.54) is 24.0 Å². The van der Waals surface area contributed by atoms with Crippen LogP contribution in [-0.4, -0.2) is 58.7 Å². The minimum absolute atomic E-state index is 0.0940. The molecule has 0 amide bonds. The second kappa shape index (κ2) is 6.54. The van der Waals surface area contributed by atoms with E-state index in [4.69, 9.17) is 4.74 Å². The molecule has 6 rings (SSSR count). The van der Waals surface area contributed by atoms with Crippen molar-refractivity contribution in [3.63, 3.8) is 0 Å². The zero-order valence-corrected chi connectivity index (χ0v) is 18.9. The highest BCUT2D eigenvalue weighted by molar-refractivity contribution is 5.50. The van der Waals surface area contributed by atoms with Gasteiger partial charge < -0.3 is 19.8 Å². The van der Waals surface area contributed by atoms with Crippen LogP contribution in [0.3, 0.4) is 0 Å². The number of hydrogen-bond acceptors (Lipinski definition) is 4. The molecular weight excluding hydrogens is 386 g/mol. The van der Waals surface area contributed by atoms with E-state index < -0.39 is 17.8 Å². The Morgan fingerprint density at radius 3 is 2.58 bits per heavy atom. The Labute approximate surface area is 185 Å². The summed E-state index contributed by atoms with van der Waals surface area (Å²) >= 11 is 0. The number of rotatable bonds is 2. The highest BCUT2D eigenvalue weighted by atomic mass is 16.5. The maximum atomic E-state index is 11.1. The van der Waals surface area contributed by atoms with Crippen LogP contribution in [0.4, 0.5) is 0 Å². The molecule has 0 radical (unpaired) electrons. The molecule has 2 bridgehead atoms. The first-order valence-electron chi connectivity index (χ1n) is 12.0. The van der Waals surface area contributed by atoms with Crippen molar-refractivity contribution in [2.45, 2.75) is 80.8 Å². The van der Waals surface area contributed by atoms with Gasteiger partial charge in [0, 0.05) is 6.04 Å². The Bertz CT molecular complexity index is 954. The molecule has 4 heteroatoms. The first kappa shape index (κ1) is 20.2. The molecule has 3 fully saturated rings. The number of likely N-dealkylation sites (N-methyl/N-ethyl adjacent to an activating group) is 1. The molecule has 2 saturated carbocycles. The van der Waals surface area contributed by atoms with E-state index in [9.17, 15) is 10.2 Å². The molecule has 166 valence electrons. The summed E-state index contributed by atoms with van der Waals surface area (Å²) in [5.41, 5.74) is 3.16. The minimum Gasteiger partial charge on any atom is -0.388 e.